The van der Waals surface area contributed by atoms with Gasteiger partial charge in [-0.25, -0.2) is 0 Å². The third-order valence-corrected chi connectivity index (χ3v) is 5.45. The molecule has 1 aliphatic heterocycles. The average Bonchev–Trinajstić information content (AvgIpc) is 3.30. The maximum atomic E-state index is 13.0. The molecule has 0 unspecified atom stereocenters. The van der Waals surface area contributed by atoms with Gasteiger partial charge < -0.3 is 19.5 Å². The fourth-order valence-electron chi connectivity index (χ4n) is 3.85. The molecule has 8 heteroatoms. The van der Waals surface area contributed by atoms with Crippen molar-refractivity contribution in [3.63, 3.8) is 0 Å². The lowest BCUT2D eigenvalue weighted by atomic mass is 9.96. The van der Waals surface area contributed by atoms with Gasteiger partial charge in [0.2, 0.25) is 17.6 Å². The molecule has 1 aromatic heterocycles. The summed E-state index contributed by atoms with van der Waals surface area (Å²) >= 11 is 0. The molecule has 0 atom stereocenters. The van der Waals surface area contributed by atoms with E-state index in [4.69, 9.17) is 9.26 Å². The number of aromatic nitrogens is 2. The Morgan fingerprint density at radius 3 is 2.53 bits per heavy atom. The molecule has 2 aromatic carbocycles. The molecule has 32 heavy (non-hydrogen) atoms. The van der Waals surface area contributed by atoms with Crippen molar-refractivity contribution in [2.24, 2.45) is 0 Å². The second-order valence-electron chi connectivity index (χ2n) is 7.71. The largest absolute Gasteiger partial charge is 0.493 e. The summed E-state index contributed by atoms with van der Waals surface area (Å²) in [5.74, 6) is 1.70. The summed E-state index contributed by atoms with van der Waals surface area (Å²) in [6, 6.07) is 14.6. The number of rotatable bonds is 6. The highest BCUT2D eigenvalue weighted by atomic mass is 16.5. The second kappa shape index (κ2) is 9.64. The quantitative estimate of drug-likeness (QED) is 0.627. The van der Waals surface area contributed by atoms with Crippen molar-refractivity contribution in [2.75, 3.05) is 25.0 Å². The minimum absolute atomic E-state index is 0.0158. The Morgan fingerprint density at radius 1 is 1.12 bits per heavy atom. The van der Waals surface area contributed by atoms with Crippen molar-refractivity contribution in [2.45, 2.75) is 32.6 Å². The van der Waals surface area contributed by atoms with Gasteiger partial charge in [-0.15, -0.1) is 0 Å². The molecule has 2 heterocycles. The van der Waals surface area contributed by atoms with Gasteiger partial charge in [0.1, 0.15) is 5.75 Å². The zero-order chi connectivity index (χ0) is 22.5. The Bertz CT molecular complexity index is 1090. The summed E-state index contributed by atoms with van der Waals surface area (Å²) in [7, 11) is 0. The zero-order valence-corrected chi connectivity index (χ0v) is 18.2. The van der Waals surface area contributed by atoms with E-state index >= 15 is 0 Å². The number of ether oxygens (including phenoxy) is 1. The Labute approximate surface area is 186 Å². The number of hydrogen-bond acceptors (Lipinski definition) is 6. The van der Waals surface area contributed by atoms with E-state index in [0.717, 1.165) is 18.4 Å². The number of nitrogens with zero attached hydrogens (tertiary/aromatic N) is 3. The van der Waals surface area contributed by atoms with E-state index in [2.05, 4.69) is 15.5 Å². The monoisotopic (exact) mass is 434 g/mol. The highest BCUT2D eigenvalue weighted by molar-refractivity contribution is 5.97. The van der Waals surface area contributed by atoms with Crippen LogP contribution >= 0.6 is 0 Å². The summed E-state index contributed by atoms with van der Waals surface area (Å²) in [5.41, 5.74) is 2.12. The number of carbonyl (C=O) groups is 2. The molecule has 2 amide bonds. The summed E-state index contributed by atoms with van der Waals surface area (Å²) in [5, 5.41) is 6.85. The van der Waals surface area contributed by atoms with Crippen LogP contribution in [0.3, 0.4) is 0 Å². The first-order chi connectivity index (χ1) is 15.5. The number of para-hydroxylation sites is 1. The van der Waals surface area contributed by atoms with E-state index in [1.54, 1.807) is 18.2 Å². The molecular formula is C24H26N4O4. The van der Waals surface area contributed by atoms with Crippen molar-refractivity contribution in [3.05, 3.63) is 60.0 Å². The fraction of sp³-hybridized carbons (Fsp3) is 0.333. The van der Waals surface area contributed by atoms with Crippen LogP contribution in [0.5, 0.6) is 5.75 Å². The van der Waals surface area contributed by atoms with Gasteiger partial charge in [0.15, 0.2) is 0 Å². The lowest BCUT2D eigenvalue weighted by molar-refractivity contribution is -0.114. The second-order valence-corrected chi connectivity index (χ2v) is 7.71. The first-order valence-electron chi connectivity index (χ1n) is 10.8. The first-order valence-corrected chi connectivity index (χ1v) is 10.8. The Morgan fingerprint density at radius 2 is 1.84 bits per heavy atom. The predicted molar refractivity (Wildman–Crippen MR) is 120 cm³/mol. The SMILES string of the molecule is CCOc1ccccc1C(=O)N1CCC(c2nc(-c3ccc(NC(C)=O)cc3)no2)CC1. The molecule has 1 N–H and O–H groups in total. The summed E-state index contributed by atoms with van der Waals surface area (Å²) < 4.78 is 11.1. The van der Waals surface area contributed by atoms with Crippen molar-refractivity contribution in [1.82, 2.24) is 15.0 Å². The normalized spacial score (nSPS) is 14.2. The van der Waals surface area contributed by atoms with Crippen LogP contribution in [0.1, 0.15) is 48.9 Å². The zero-order valence-electron chi connectivity index (χ0n) is 18.2. The number of nitrogens with one attached hydrogen (secondary N) is 1. The Kier molecular flexibility index (Phi) is 6.49. The molecular weight excluding hydrogens is 408 g/mol. The molecule has 4 rings (SSSR count). The number of anilines is 1. The van der Waals surface area contributed by atoms with E-state index in [9.17, 15) is 9.59 Å². The van der Waals surface area contributed by atoms with Gasteiger partial charge >= 0.3 is 0 Å². The standard InChI is InChI=1S/C24H26N4O4/c1-3-31-21-7-5-4-6-20(21)24(30)28-14-12-18(13-15-28)23-26-22(27-32-23)17-8-10-19(11-9-17)25-16(2)29/h4-11,18H,3,12-15H2,1-2H3,(H,25,29). The third kappa shape index (κ3) is 4.80. The minimum atomic E-state index is -0.120. The van der Waals surface area contributed by atoms with Crippen molar-refractivity contribution in [3.8, 4) is 17.1 Å². The van der Waals surface area contributed by atoms with E-state index < -0.39 is 0 Å². The molecule has 3 aromatic rings. The van der Waals surface area contributed by atoms with Gasteiger partial charge in [-0.1, -0.05) is 17.3 Å². The number of benzene rings is 2. The average molecular weight is 434 g/mol. The van der Waals surface area contributed by atoms with Crippen molar-refractivity contribution < 1.29 is 18.8 Å². The van der Waals surface area contributed by atoms with Crippen LogP contribution in [-0.4, -0.2) is 46.6 Å². The number of amides is 2. The van der Waals surface area contributed by atoms with Gasteiger partial charge in [-0.05, 0) is 56.2 Å². The van der Waals surface area contributed by atoms with Gasteiger partial charge in [-0.2, -0.15) is 4.98 Å². The van der Waals surface area contributed by atoms with E-state index in [1.165, 1.54) is 6.92 Å². The molecule has 0 spiro atoms. The molecule has 8 nitrogen and oxygen atoms in total. The molecule has 1 saturated heterocycles. The Balaban J connectivity index is 1.38. The van der Waals surface area contributed by atoms with Crippen LogP contribution in [0.2, 0.25) is 0 Å². The van der Waals surface area contributed by atoms with Gasteiger partial charge in [0.05, 0.1) is 12.2 Å². The molecule has 0 saturated carbocycles. The number of piperidine rings is 1. The van der Waals surface area contributed by atoms with Crippen LogP contribution in [0, 0.1) is 0 Å². The molecule has 0 bridgehead atoms. The lowest BCUT2D eigenvalue weighted by Crippen LogP contribution is -2.38. The fourth-order valence-corrected chi connectivity index (χ4v) is 3.85. The van der Waals surface area contributed by atoms with Crippen LogP contribution in [-0.2, 0) is 4.79 Å². The highest BCUT2D eigenvalue weighted by Crippen LogP contribution is 2.30. The van der Waals surface area contributed by atoms with Crippen molar-refractivity contribution in [1.29, 1.82) is 0 Å². The Hall–Kier alpha value is -3.68. The third-order valence-electron chi connectivity index (χ3n) is 5.45. The predicted octanol–water partition coefficient (Wildman–Crippen LogP) is 4.11. The van der Waals surface area contributed by atoms with Gasteiger partial charge in [0, 0.05) is 37.2 Å². The first kappa shape index (κ1) is 21.5. The smallest absolute Gasteiger partial charge is 0.257 e. The highest BCUT2D eigenvalue weighted by Gasteiger charge is 2.29. The molecule has 1 aliphatic rings. The number of carbonyl (C=O) groups excluding carboxylic acids is 2. The molecule has 1 fully saturated rings. The lowest BCUT2D eigenvalue weighted by Gasteiger charge is -2.30. The van der Waals surface area contributed by atoms with Crippen LogP contribution < -0.4 is 10.1 Å². The molecule has 0 aliphatic carbocycles. The molecule has 0 radical (unpaired) electrons. The maximum absolute atomic E-state index is 13.0. The number of likely N-dealkylation sites (tertiary alicyclic amines) is 1. The maximum Gasteiger partial charge on any atom is 0.257 e. The summed E-state index contributed by atoms with van der Waals surface area (Å²) in [6.07, 6.45) is 1.51. The molecule has 166 valence electrons. The van der Waals surface area contributed by atoms with E-state index in [-0.39, 0.29) is 17.7 Å². The topological polar surface area (TPSA) is 97.6 Å². The van der Waals surface area contributed by atoms with E-state index in [1.807, 2.05) is 42.2 Å². The van der Waals surface area contributed by atoms with E-state index in [0.29, 0.717) is 48.4 Å². The van der Waals surface area contributed by atoms with Gasteiger partial charge in [0.25, 0.3) is 5.91 Å². The number of hydrogen-bond donors (Lipinski definition) is 1. The summed E-state index contributed by atoms with van der Waals surface area (Å²) in [4.78, 5) is 30.6. The van der Waals surface area contributed by atoms with Crippen LogP contribution in [0.25, 0.3) is 11.4 Å². The minimum Gasteiger partial charge on any atom is -0.493 e. The van der Waals surface area contributed by atoms with Gasteiger partial charge in [-0.3, -0.25) is 9.59 Å². The van der Waals surface area contributed by atoms with Crippen LogP contribution in [0.15, 0.2) is 53.1 Å². The summed E-state index contributed by atoms with van der Waals surface area (Å²) in [6.45, 7) is 5.13. The van der Waals surface area contributed by atoms with Crippen molar-refractivity contribution >= 4 is 17.5 Å². The van der Waals surface area contributed by atoms with Crippen LogP contribution in [0.4, 0.5) is 5.69 Å².